The summed E-state index contributed by atoms with van der Waals surface area (Å²) in [6, 6.07) is 7.58. The summed E-state index contributed by atoms with van der Waals surface area (Å²) < 4.78 is 5.73. The monoisotopic (exact) mass is 277 g/mol. The number of nitrogens with one attached hydrogen (secondary N) is 1. The van der Waals surface area contributed by atoms with Crippen molar-refractivity contribution in [1.82, 2.24) is 4.98 Å². The molecule has 0 aliphatic heterocycles. The van der Waals surface area contributed by atoms with Crippen LogP contribution < -0.4 is 16.0 Å². The molecule has 1 aromatic carbocycles. The first-order valence-electron chi connectivity index (χ1n) is 5.91. The number of nitrogens with two attached hydrogens (primary N) is 1. The van der Waals surface area contributed by atoms with Crippen molar-refractivity contribution in [2.75, 3.05) is 5.43 Å². The number of benzene rings is 1. The van der Waals surface area contributed by atoms with E-state index in [4.69, 9.17) is 22.2 Å². The summed E-state index contributed by atoms with van der Waals surface area (Å²) >= 11 is 6.12. The lowest BCUT2D eigenvalue weighted by atomic mass is 10.1. The Kier molecular flexibility index (Phi) is 4.24. The predicted molar refractivity (Wildman–Crippen MR) is 77.3 cm³/mol. The molecule has 0 amide bonds. The minimum Gasteiger partial charge on any atom is -0.489 e. The second-order valence-electron chi connectivity index (χ2n) is 4.36. The van der Waals surface area contributed by atoms with Crippen molar-refractivity contribution in [3.63, 3.8) is 0 Å². The average Bonchev–Trinajstić information content (AvgIpc) is 2.43. The van der Waals surface area contributed by atoms with Gasteiger partial charge in [0.15, 0.2) is 0 Å². The Bertz CT molecular complexity index is 546. The Labute approximate surface area is 117 Å². The topological polar surface area (TPSA) is 60.2 Å². The van der Waals surface area contributed by atoms with Crippen LogP contribution in [0.2, 0.25) is 5.02 Å². The van der Waals surface area contributed by atoms with Gasteiger partial charge < -0.3 is 10.2 Å². The van der Waals surface area contributed by atoms with E-state index in [1.165, 1.54) is 0 Å². The zero-order chi connectivity index (χ0) is 13.8. The fourth-order valence-electron chi connectivity index (χ4n) is 1.75. The lowest BCUT2D eigenvalue weighted by molar-refractivity contribution is 0.305. The predicted octanol–water partition coefficient (Wildman–Crippen LogP) is 3.22. The number of pyridine rings is 1. The average molecular weight is 278 g/mol. The number of hydrazine groups is 1. The van der Waals surface area contributed by atoms with E-state index in [0.717, 1.165) is 27.5 Å². The molecule has 0 aliphatic carbocycles. The molecule has 0 atom stereocenters. The number of nitrogens with zero attached hydrogens (tertiary/aromatic N) is 1. The highest BCUT2D eigenvalue weighted by Gasteiger charge is 2.04. The summed E-state index contributed by atoms with van der Waals surface area (Å²) in [5, 5.41) is 0.785. The number of rotatable bonds is 4. The van der Waals surface area contributed by atoms with Gasteiger partial charge in [0.05, 0.1) is 0 Å². The smallest absolute Gasteiger partial charge is 0.139 e. The first kappa shape index (κ1) is 13.6. The van der Waals surface area contributed by atoms with Crippen molar-refractivity contribution >= 4 is 17.4 Å². The number of ether oxygens (including phenoxy) is 1. The second-order valence-corrected chi connectivity index (χ2v) is 4.73. The molecule has 2 aromatic rings. The number of aryl methyl sites for hydroxylation is 2. The SMILES string of the molecule is Cc1cc(OCc2ccc(NN)nc2)cc(C)c1Cl. The van der Waals surface area contributed by atoms with Crippen LogP contribution in [0.25, 0.3) is 0 Å². The van der Waals surface area contributed by atoms with Gasteiger partial charge in [-0.1, -0.05) is 17.7 Å². The van der Waals surface area contributed by atoms with Gasteiger partial charge in [-0.3, -0.25) is 0 Å². The van der Waals surface area contributed by atoms with Gasteiger partial charge >= 0.3 is 0 Å². The molecule has 19 heavy (non-hydrogen) atoms. The van der Waals surface area contributed by atoms with Crippen LogP contribution in [0.3, 0.4) is 0 Å². The second kappa shape index (κ2) is 5.91. The van der Waals surface area contributed by atoms with E-state index in [1.54, 1.807) is 12.3 Å². The fourth-order valence-corrected chi connectivity index (χ4v) is 1.86. The third kappa shape index (κ3) is 3.36. The Morgan fingerprint density at radius 2 is 1.95 bits per heavy atom. The van der Waals surface area contributed by atoms with E-state index in [2.05, 4.69) is 10.4 Å². The number of aromatic nitrogens is 1. The van der Waals surface area contributed by atoms with Crippen molar-refractivity contribution in [1.29, 1.82) is 0 Å². The third-order valence-corrected chi connectivity index (χ3v) is 3.38. The Balaban J connectivity index is 2.05. The van der Waals surface area contributed by atoms with Gasteiger partial charge in [-0.15, -0.1) is 0 Å². The van der Waals surface area contributed by atoms with Crippen molar-refractivity contribution in [3.8, 4) is 5.75 Å². The molecular weight excluding hydrogens is 262 g/mol. The first-order valence-corrected chi connectivity index (χ1v) is 6.29. The van der Waals surface area contributed by atoms with Gasteiger partial charge in [-0.25, -0.2) is 10.8 Å². The van der Waals surface area contributed by atoms with Gasteiger partial charge in [-0.2, -0.15) is 0 Å². The molecule has 0 fully saturated rings. The van der Waals surface area contributed by atoms with Crippen LogP contribution in [0, 0.1) is 13.8 Å². The van der Waals surface area contributed by atoms with Crippen molar-refractivity contribution in [3.05, 3.63) is 52.2 Å². The summed E-state index contributed by atoms with van der Waals surface area (Å²) in [7, 11) is 0. The van der Waals surface area contributed by atoms with E-state index in [1.807, 2.05) is 32.0 Å². The zero-order valence-corrected chi connectivity index (χ0v) is 11.7. The Morgan fingerprint density at radius 1 is 1.26 bits per heavy atom. The molecule has 0 unspecified atom stereocenters. The minimum atomic E-state index is 0.457. The molecule has 2 rings (SSSR count). The number of halogens is 1. The normalized spacial score (nSPS) is 10.3. The van der Waals surface area contributed by atoms with Crippen LogP contribution in [-0.4, -0.2) is 4.98 Å². The first-order chi connectivity index (χ1) is 9.10. The van der Waals surface area contributed by atoms with Crippen LogP contribution in [-0.2, 0) is 6.61 Å². The van der Waals surface area contributed by atoms with Gasteiger partial charge in [-0.05, 0) is 43.2 Å². The highest BCUT2D eigenvalue weighted by atomic mass is 35.5. The number of anilines is 1. The molecule has 100 valence electrons. The van der Waals surface area contributed by atoms with Crippen LogP contribution in [0.5, 0.6) is 5.75 Å². The molecule has 0 saturated carbocycles. The van der Waals surface area contributed by atoms with Crippen molar-refractivity contribution in [2.45, 2.75) is 20.5 Å². The molecule has 0 aliphatic rings. The molecule has 1 heterocycles. The van der Waals surface area contributed by atoms with Crippen molar-refractivity contribution in [2.24, 2.45) is 5.84 Å². The standard InChI is InChI=1S/C14H16ClN3O/c1-9-5-12(6-10(2)14(9)15)19-8-11-3-4-13(18-16)17-7-11/h3-7H,8,16H2,1-2H3,(H,17,18). The molecule has 0 saturated heterocycles. The number of nitrogen functional groups attached to an aromatic ring is 1. The minimum absolute atomic E-state index is 0.457. The van der Waals surface area contributed by atoms with Gasteiger partial charge in [0.25, 0.3) is 0 Å². The molecule has 4 nitrogen and oxygen atoms in total. The maximum Gasteiger partial charge on any atom is 0.139 e. The highest BCUT2D eigenvalue weighted by Crippen LogP contribution is 2.26. The lowest BCUT2D eigenvalue weighted by Crippen LogP contribution is -2.08. The van der Waals surface area contributed by atoms with Crippen LogP contribution in [0.15, 0.2) is 30.5 Å². The molecular formula is C14H16ClN3O. The van der Waals surface area contributed by atoms with E-state index in [9.17, 15) is 0 Å². The molecule has 1 aromatic heterocycles. The molecule has 3 N–H and O–H groups in total. The summed E-state index contributed by atoms with van der Waals surface area (Å²) in [5.41, 5.74) is 5.48. The maximum absolute atomic E-state index is 6.12. The number of hydrogen-bond donors (Lipinski definition) is 2. The molecule has 0 radical (unpaired) electrons. The van der Waals surface area contributed by atoms with E-state index in [0.29, 0.717) is 12.4 Å². The van der Waals surface area contributed by atoms with E-state index >= 15 is 0 Å². The van der Waals surface area contributed by atoms with Gasteiger partial charge in [0.1, 0.15) is 18.2 Å². The summed E-state index contributed by atoms with van der Waals surface area (Å²) in [6.07, 6.45) is 1.73. The van der Waals surface area contributed by atoms with E-state index in [-0.39, 0.29) is 0 Å². The van der Waals surface area contributed by atoms with Crippen LogP contribution >= 0.6 is 11.6 Å². The summed E-state index contributed by atoms with van der Waals surface area (Å²) in [6.45, 7) is 4.38. The Morgan fingerprint density at radius 3 is 2.47 bits per heavy atom. The maximum atomic E-state index is 6.12. The fraction of sp³-hybridized carbons (Fsp3) is 0.214. The third-order valence-electron chi connectivity index (χ3n) is 2.79. The summed E-state index contributed by atoms with van der Waals surface area (Å²) in [5.74, 6) is 6.69. The largest absolute Gasteiger partial charge is 0.489 e. The molecule has 0 spiro atoms. The van der Waals surface area contributed by atoms with Gasteiger partial charge in [0, 0.05) is 16.8 Å². The van der Waals surface area contributed by atoms with Crippen molar-refractivity contribution < 1.29 is 4.74 Å². The molecule has 5 heteroatoms. The number of hydrogen-bond acceptors (Lipinski definition) is 4. The Hall–Kier alpha value is -1.78. The highest BCUT2D eigenvalue weighted by molar-refractivity contribution is 6.32. The molecule has 0 bridgehead atoms. The van der Waals surface area contributed by atoms with E-state index < -0.39 is 0 Å². The summed E-state index contributed by atoms with van der Waals surface area (Å²) in [4.78, 5) is 4.12. The zero-order valence-electron chi connectivity index (χ0n) is 10.9. The van der Waals surface area contributed by atoms with Crippen LogP contribution in [0.4, 0.5) is 5.82 Å². The van der Waals surface area contributed by atoms with Gasteiger partial charge in [0.2, 0.25) is 0 Å². The lowest BCUT2D eigenvalue weighted by Gasteiger charge is -2.10. The van der Waals surface area contributed by atoms with Crippen LogP contribution in [0.1, 0.15) is 16.7 Å². The quantitative estimate of drug-likeness (QED) is 0.665.